The lowest BCUT2D eigenvalue weighted by Crippen LogP contribution is -2.51. The number of rotatable bonds is 3. The molecule has 0 N–H and O–H groups in total. The molecular formula is C15H18F4N4O. The van der Waals surface area contributed by atoms with Gasteiger partial charge in [-0.1, -0.05) is 0 Å². The molecule has 0 aliphatic carbocycles. The first kappa shape index (κ1) is 16.9. The molecule has 2 aliphatic heterocycles. The summed E-state index contributed by atoms with van der Waals surface area (Å²) in [5, 5.41) is 0. The molecule has 1 aromatic rings. The predicted octanol–water partition coefficient (Wildman–Crippen LogP) is 1.38. The lowest BCUT2D eigenvalue weighted by atomic mass is 10.2. The number of anilines is 1. The van der Waals surface area contributed by atoms with Crippen molar-refractivity contribution in [3.63, 3.8) is 0 Å². The third-order valence-corrected chi connectivity index (χ3v) is 4.48. The second-order valence-electron chi connectivity index (χ2n) is 6.02. The Kier molecular flexibility index (Phi) is 4.88. The molecule has 0 radical (unpaired) electrons. The average Bonchev–Trinajstić information content (AvgIpc) is 3.07. The van der Waals surface area contributed by atoms with Gasteiger partial charge in [0, 0.05) is 26.2 Å². The van der Waals surface area contributed by atoms with E-state index in [0.29, 0.717) is 6.54 Å². The van der Waals surface area contributed by atoms with Crippen molar-refractivity contribution in [2.75, 3.05) is 50.7 Å². The summed E-state index contributed by atoms with van der Waals surface area (Å²) in [6, 6.07) is 0. The van der Waals surface area contributed by atoms with Crippen molar-refractivity contribution in [2.45, 2.75) is 12.8 Å². The number of likely N-dealkylation sites (tertiary alicyclic amines) is 1. The predicted molar refractivity (Wildman–Crippen MR) is 78.5 cm³/mol. The molecule has 2 saturated heterocycles. The van der Waals surface area contributed by atoms with Crippen LogP contribution >= 0.6 is 0 Å². The normalized spacial score (nSPS) is 19.2. The topological polar surface area (TPSA) is 39.7 Å². The molecule has 5 nitrogen and oxygen atoms in total. The number of nitrogens with zero attached hydrogens (tertiary/aromatic N) is 4. The highest BCUT2D eigenvalue weighted by molar-refractivity contribution is 5.78. The summed E-state index contributed by atoms with van der Waals surface area (Å²) in [7, 11) is 0. The number of carbonyl (C=O) groups is 1. The summed E-state index contributed by atoms with van der Waals surface area (Å²) in [5.41, 5.74) is -0.758. The molecule has 0 saturated carbocycles. The summed E-state index contributed by atoms with van der Waals surface area (Å²) in [5.74, 6) is -6.39. The fraction of sp³-hybridized carbons (Fsp3) is 0.600. The van der Waals surface area contributed by atoms with E-state index in [9.17, 15) is 22.4 Å². The molecule has 9 heteroatoms. The third-order valence-electron chi connectivity index (χ3n) is 4.48. The molecule has 0 unspecified atom stereocenters. The van der Waals surface area contributed by atoms with Gasteiger partial charge in [-0.25, -0.2) is 0 Å². The van der Waals surface area contributed by atoms with Gasteiger partial charge >= 0.3 is 0 Å². The lowest BCUT2D eigenvalue weighted by Gasteiger charge is -2.36. The Labute approximate surface area is 136 Å². The smallest absolute Gasteiger partial charge is 0.253 e. The van der Waals surface area contributed by atoms with E-state index in [0.717, 1.165) is 25.9 Å². The fourth-order valence-electron chi connectivity index (χ4n) is 3.17. The van der Waals surface area contributed by atoms with Crippen molar-refractivity contribution in [1.82, 2.24) is 14.8 Å². The summed E-state index contributed by atoms with van der Waals surface area (Å²) in [6.07, 6.45) is 2.16. The van der Waals surface area contributed by atoms with E-state index in [1.54, 1.807) is 4.90 Å². The van der Waals surface area contributed by atoms with Gasteiger partial charge < -0.3 is 9.80 Å². The molecule has 2 fully saturated rings. The summed E-state index contributed by atoms with van der Waals surface area (Å²) in [6.45, 7) is 2.83. The second kappa shape index (κ2) is 6.92. The Morgan fingerprint density at radius 2 is 1.42 bits per heavy atom. The van der Waals surface area contributed by atoms with Gasteiger partial charge in [-0.05, 0) is 25.9 Å². The van der Waals surface area contributed by atoms with Crippen LogP contribution in [-0.2, 0) is 4.79 Å². The van der Waals surface area contributed by atoms with Gasteiger partial charge in [-0.2, -0.15) is 22.5 Å². The van der Waals surface area contributed by atoms with Crippen molar-refractivity contribution in [1.29, 1.82) is 0 Å². The summed E-state index contributed by atoms with van der Waals surface area (Å²) < 4.78 is 54.0. The Morgan fingerprint density at radius 3 is 1.96 bits per heavy atom. The number of amides is 1. The number of halogens is 4. The average molecular weight is 346 g/mol. The highest BCUT2D eigenvalue weighted by atomic mass is 19.2. The first-order chi connectivity index (χ1) is 11.5. The number of pyridine rings is 1. The van der Waals surface area contributed by atoms with Crippen LogP contribution in [0.5, 0.6) is 0 Å². The van der Waals surface area contributed by atoms with Gasteiger partial charge in [0.15, 0.2) is 0 Å². The summed E-state index contributed by atoms with van der Waals surface area (Å²) in [4.78, 5) is 19.7. The molecule has 1 amide bonds. The molecule has 0 aromatic carbocycles. The van der Waals surface area contributed by atoms with Crippen molar-refractivity contribution >= 4 is 11.6 Å². The van der Waals surface area contributed by atoms with Crippen LogP contribution in [0.4, 0.5) is 23.2 Å². The van der Waals surface area contributed by atoms with Crippen molar-refractivity contribution in [3.05, 3.63) is 23.5 Å². The molecule has 3 heterocycles. The Morgan fingerprint density at radius 1 is 0.875 bits per heavy atom. The maximum Gasteiger partial charge on any atom is 0.253 e. The molecule has 1 aromatic heterocycles. The number of carbonyl (C=O) groups excluding carboxylic acids is 1. The van der Waals surface area contributed by atoms with Crippen LogP contribution < -0.4 is 4.90 Å². The summed E-state index contributed by atoms with van der Waals surface area (Å²) >= 11 is 0. The SMILES string of the molecule is O=C(CN1CCCC1)N1CCN(c2c(F)c(F)nc(F)c2F)CC1. The van der Waals surface area contributed by atoms with Crippen molar-refractivity contribution in [3.8, 4) is 0 Å². The van der Waals surface area contributed by atoms with E-state index < -0.39 is 29.2 Å². The Bertz CT molecular complexity index is 602. The van der Waals surface area contributed by atoms with Crippen LogP contribution in [0.1, 0.15) is 12.8 Å². The first-order valence-corrected chi connectivity index (χ1v) is 7.92. The van der Waals surface area contributed by atoms with E-state index >= 15 is 0 Å². The zero-order valence-electron chi connectivity index (χ0n) is 13.1. The third kappa shape index (κ3) is 3.31. The number of aromatic nitrogens is 1. The van der Waals surface area contributed by atoms with Crippen LogP contribution in [0.2, 0.25) is 0 Å². The number of piperazine rings is 1. The van der Waals surface area contributed by atoms with Gasteiger partial charge in [0.1, 0.15) is 5.69 Å². The second-order valence-corrected chi connectivity index (χ2v) is 6.02. The van der Waals surface area contributed by atoms with E-state index in [1.807, 2.05) is 0 Å². The van der Waals surface area contributed by atoms with Crippen LogP contribution in [0, 0.1) is 23.5 Å². The van der Waals surface area contributed by atoms with E-state index in [4.69, 9.17) is 0 Å². The highest BCUT2D eigenvalue weighted by Gasteiger charge is 2.29. The van der Waals surface area contributed by atoms with Gasteiger partial charge in [0.2, 0.25) is 17.5 Å². The molecule has 132 valence electrons. The van der Waals surface area contributed by atoms with Gasteiger partial charge in [-0.15, -0.1) is 0 Å². The molecule has 24 heavy (non-hydrogen) atoms. The number of hydrogen-bond acceptors (Lipinski definition) is 4. The number of hydrogen-bond donors (Lipinski definition) is 0. The fourth-order valence-corrected chi connectivity index (χ4v) is 3.17. The zero-order chi connectivity index (χ0) is 17.3. The quantitative estimate of drug-likeness (QED) is 0.612. The highest BCUT2D eigenvalue weighted by Crippen LogP contribution is 2.27. The van der Waals surface area contributed by atoms with Crippen molar-refractivity contribution < 1.29 is 22.4 Å². The standard InChI is InChI=1S/C15H18F4N4O/c16-11-13(12(17)15(19)20-14(11)18)23-7-5-22(6-8-23)10(24)9-21-3-1-2-4-21/h1-9H2. The molecule has 0 atom stereocenters. The zero-order valence-corrected chi connectivity index (χ0v) is 13.1. The first-order valence-electron chi connectivity index (χ1n) is 7.92. The maximum atomic E-state index is 13.8. The molecule has 2 aliphatic rings. The van der Waals surface area contributed by atoms with Crippen molar-refractivity contribution in [2.24, 2.45) is 0 Å². The minimum Gasteiger partial charge on any atom is -0.363 e. The molecule has 0 spiro atoms. The van der Waals surface area contributed by atoms with E-state index in [1.165, 1.54) is 4.90 Å². The van der Waals surface area contributed by atoms with Gasteiger partial charge in [0.05, 0.1) is 6.54 Å². The largest absolute Gasteiger partial charge is 0.363 e. The van der Waals surface area contributed by atoms with Gasteiger partial charge in [-0.3, -0.25) is 9.69 Å². The van der Waals surface area contributed by atoms with Crippen LogP contribution in [0.3, 0.4) is 0 Å². The minimum absolute atomic E-state index is 0.0374. The van der Waals surface area contributed by atoms with Crippen LogP contribution in [0.15, 0.2) is 0 Å². The van der Waals surface area contributed by atoms with E-state index in [2.05, 4.69) is 9.88 Å². The Balaban J connectivity index is 1.64. The molecule has 0 bridgehead atoms. The lowest BCUT2D eigenvalue weighted by molar-refractivity contribution is -0.132. The molecule has 3 rings (SSSR count). The minimum atomic E-state index is -1.67. The van der Waals surface area contributed by atoms with E-state index in [-0.39, 0.29) is 32.1 Å². The molecular weight excluding hydrogens is 328 g/mol. The van der Waals surface area contributed by atoms with Crippen LogP contribution in [0.25, 0.3) is 0 Å². The van der Waals surface area contributed by atoms with Crippen LogP contribution in [-0.4, -0.2) is 66.5 Å². The maximum absolute atomic E-state index is 13.8. The van der Waals surface area contributed by atoms with Gasteiger partial charge in [0.25, 0.3) is 11.9 Å². The Hall–Kier alpha value is -1.90. The monoisotopic (exact) mass is 346 g/mol.